The maximum atomic E-state index is 8.48. The van der Waals surface area contributed by atoms with Gasteiger partial charge in [0, 0.05) is 36.0 Å². The van der Waals surface area contributed by atoms with Gasteiger partial charge in [-0.2, -0.15) is 0 Å². The van der Waals surface area contributed by atoms with E-state index >= 15 is 0 Å². The molecule has 4 heteroatoms. The van der Waals surface area contributed by atoms with Crippen molar-refractivity contribution in [2.24, 2.45) is 5.73 Å². The van der Waals surface area contributed by atoms with Crippen molar-refractivity contribution in [3.8, 4) is 5.75 Å². The predicted octanol–water partition coefficient (Wildman–Crippen LogP) is 2.78. The molecule has 4 nitrogen and oxygen atoms in total. The van der Waals surface area contributed by atoms with Gasteiger partial charge in [0.2, 0.25) is 0 Å². The number of hydrogen-bond donors (Lipinski definition) is 2. The minimum Gasteiger partial charge on any atom is -0.497 e. The minimum atomic E-state index is -3.74. The van der Waals surface area contributed by atoms with Gasteiger partial charge in [-0.1, -0.05) is 6.07 Å². The van der Waals surface area contributed by atoms with Gasteiger partial charge in [-0.15, -0.1) is 0 Å². The lowest BCUT2D eigenvalue weighted by atomic mass is 10.1. The molecule has 1 atom stereocenters. The van der Waals surface area contributed by atoms with Crippen LogP contribution in [0.2, 0.25) is 0 Å². The monoisotopic (exact) mass is 272 g/mol. The first-order valence-electron chi connectivity index (χ1n) is 11.8. The highest BCUT2D eigenvalue weighted by atomic mass is 16.5. The summed E-state index contributed by atoms with van der Waals surface area (Å²) < 4.78 is 105. The van der Waals surface area contributed by atoms with E-state index in [1.807, 2.05) is 0 Å². The van der Waals surface area contributed by atoms with E-state index in [9.17, 15) is 0 Å². The molecule has 2 rings (SSSR count). The number of ether oxygens (including phenoxy) is 1. The third-order valence-corrected chi connectivity index (χ3v) is 2.32. The summed E-state index contributed by atoms with van der Waals surface area (Å²) in [5.41, 5.74) is 4.82. The van der Waals surface area contributed by atoms with Gasteiger partial charge in [0.1, 0.15) is 5.75 Å². The van der Waals surface area contributed by atoms with Crippen molar-refractivity contribution in [2.75, 3.05) is 18.9 Å². The summed E-state index contributed by atoms with van der Waals surface area (Å²) in [7, 11) is -2.88. The fraction of sp³-hybridized carbons (Fsp3) is 0.400. The van der Waals surface area contributed by atoms with Crippen molar-refractivity contribution in [3.05, 3.63) is 30.5 Å². The highest BCUT2D eigenvalue weighted by Crippen LogP contribution is 2.28. The van der Waals surface area contributed by atoms with Crippen LogP contribution in [0.4, 0.5) is 5.69 Å². The van der Waals surface area contributed by atoms with E-state index in [-0.39, 0.29) is 22.3 Å². The van der Waals surface area contributed by atoms with E-state index in [1.165, 1.54) is 24.4 Å². The predicted molar refractivity (Wildman–Crippen MR) is 79.7 cm³/mol. The van der Waals surface area contributed by atoms with E-state index in [1.54, 1.807) is 0 Å². The molecule has 0 saturated carbocycles. The van der Waals surface area contributed by atoms with Gasteiger partial charge in [0.15, 0.2) is 0 Å². The smallest absolute Gasteiger partial charge is 0.121 e. The van der Waals surface area contributed by atoms with Crippen molar-refractivity contribution in [2.45, 2.75) is 25.6 Å². The summed E-state index contributed by atoms with van der Waals surface area (Å²) in [5, 5.41) is 2.38. The van der Waals surface area contributed by atoms with Gasteiger partial charge in [0.05, 0.1) is 23.7 Å². The summed E-state index contributed by atoms with van der Waals surface area (Å²) in [6.07, 6.45) is -6.09. The number of aromatic nitrogens is 1. The average molecular weight is 272 g/mol. The first-order valence-corrected chi connectivity index (χ1v) is 5.29. The lowest BCUT2D eigenvalue weighted by Gasteiger charge is -2.17. The van der Waals surface area contributed by atoms with Crippen LogP contribution in [0.3, 0.4) is 0 Å². The van der Waals surface area contributed by atoms with Gasteiger partial charge < -0.3 is 15.8 Å². The number of nitrogens with one attached hydrogen (secondary N) is 1. The molecule has 19 heavy (non-hydrogen) atoms. The Hall–Kier alpha value is -1.81. The first-order chi connectivity index (χ1) is 14.1. The zero-order valence-electron chi connectivity index (χ0n) is 22.8. The molecule has 0 aliphatic heterocycles. The Morgan fingerprint density at radius 2 is 2.58 bits per heavy atom. The second kappa shape index (κ2) is 6.38. The normalized spacial score (nSPS) is 27.7. The number of rotatable bonds is 6. The average Bonchev–Trinajstić information content (AvgIpc) is 2.57. The Bertz CT molecular complexity index is 983. The number of nitrogens with zero attached hydrogens (tertiary/aromatic N) is 1. The second-order valence-electron chi connectivity index (χ2n) is 3.54. The summed E-state index contributed by atoms with van der Waals surface area (Å²) in [5.74, 6) is -0.279. The molecule has 0 fully saturated rings. The van der Waals surface area contributed by atoms with Crippen molar-refractivity contribution < 1.29 is 22.6 Å². The molecule has 1 unspecified atom stereocenters. The Morgan fingerprint density at radius 3 is 3.37 bits per heavy atom. The molecule has 1 aromatic carbocycles. The molecule has 0 aliphatic carbocycles. The SMILES string of the molecule is [2H]C([2H])([2H])Oc1cc(NC([2H])(C([2H])([2H])[2H])C([2H])([2H])C([2H])([2H])C([2H])([2H])N)c2ncccc2c1. The summed E-state index contributed by atoms with van der Waals surface area (Å²) in [6, 6.07) is 1.74. The van der Waals surface area contributed by atoms with Gasteiger partial charge in [-0.3, -0.25) is 4.98 Å². The maximum absolute atomic E-state index is 8.48. The standard InChI is InChI=1S/C15H21N3O/c1-11(5-3-7-16)18-14-10-13(19-2)9-12-6-4-8-17-15(12)14/h4,6,8-11,18H,3,5,7,16H2,1-2H3/i1D3,2D3,3D2,5D2,7D2,11D. The third-order valence-electron chi connectivity index (χ3n) is 2.32. The van der Waals surface area contributed by atoms with E-state index < -0.39 is 39.2 Å². The number of pyridine rings is 1. The van der Waals surface area contributed by atoms with E-state index in [0.29, 0.717) is 0 Å². The molecule has 0 amide bonds. The number of methoxy groups -OCH3 is 1. The lowest BCUT2D eigenvalue weighted by Crippen LogP contribution is -2.17. The molecule has 3 N–H and O–H groups in total. The summed E-state index contributed by atoms with van der Waals surface area (Å²) in [4.78, 5) is 4.04. The highest BCUT2D eigenvalue weighted by Gasteiger charge is 2.08. The van der Waals surface area contributed by atoms with Gasteiger partial charge in [0.25, 0.3) is 0 Å². The van der Waals surface area contributed by atoms with Crippen LogP contribution in [0.25, 0.3) is 10.9 Å². The molecule has 1 heterocycles. The number of fused-ring (bicyclic) bond motifs is 1. The molecule has 0 radical (unpaired) electrons. The summed E-state index contributed by atoms with van der Waals surface area (Å²) in [6.45, 7) is -6.92. The third kappa shape index (κ3) is 3.35. The van der Waals surface area contributed by atoms with Crippen molar-refractivity contribution in [1.82, 2.24) is 4.98 Å². The molecule has 102 valence electrons. The van der Waals surface area contributed by atoms with Crippen LogP contribution < -0.4 is 15.8 Å². The molecule has 0 spiro atoms. The molecule has 0 saturated heterocycles. The number of nitrogens with two attached hydrogens (primary N) is 1. The van der Waals surface area contributed by atoms with Crippen LogP contribution in [-0.2, 0) is 0 Å². The molecular weight excluding hydrogens is 238 g/mol. The number of hydrogen-bond acceptors (Lipinski definition) is 4. The maximum Gasteiger partial charge on any atom is 0.121 e. The minimum absolute atomic E-state index is 0.0124. The molecule has 1 aromatic heterocycles. The fourth-order valence-corrected chi connectivity index (χ4v) is 1.58. The molecular formula is C15H21N3O. The highest BCUT2D eigenvalue weighted by molar-refractivity contribution is 5.91. The van der Waals surface area contributed by atoms with Crippen LogP contribution in [0.5, 0.6) is 5.75 Å². The zero-order valence-corrected chi connectivity index (χ0v) is 9.82. The van der Waals surface area contributed by atoms with Gasteiger partial charge in [-0.25, -0.2) is 0 Å². The Morgan fingerprint density at radius 1 is 1.63 bits per heavy atom. The Kier molecular flexibility index (Phi) is 1.56. The van der Waals surface area contributed by atoms with Crippen molar-refractivity contribution in [1.29, 1.82) is 0 Å². The zero-order chi connectivity index (χ0) is 25.0. The number of benzene rings is 1. The van der Waals surface area contributed by atoms with Crippen LogP contribution >= 0.6 is 0 Å². The first kappa shape index (κ1) is 4.63. The van der Waals surface area contributed by atoms with Gasteiger partial charge >= 0.3 is 0 Å². The Balaban J connectivity index is 2.76. The van der Waals surface area contributed by atoms with Crippen LogP contribution in [0.15, 0.2) is 30.5 Å². The van der Waals surface area contributed by atoms with Crippen molar-refractivity contribution in [3.63, 3.8) is 0 Å². The van der Waals surface area contributed by atoms with Crippen LogP contribution in [-0.4, -0.2) is 24.5 Å². The van der Waals surface area contributed by atoms with Crippen LogP contribution in [0, 0.1) is 0 Å². The van der Waals surface area contributed by atoms with Gasteiger partial charge in [-0.05, 0) is 38.2 Å². The topological polar surface area (TPSA) is 60.2 Å². The fourth-order valence-electron chi connectivity index (χ4n) is 1.58. The number of anilines is 1. The summed E-state index contributed by atoms with van der Waals surface area (Å²) >= 11 is 0. The largest absolute Gasteiger partial charge is 0.497 e. The van der Waals surface area contributed by atoms with E-state index in [0.717, 1.165) is 6.07 Å². The van der Waals surface area contributed by atoms with Crippen LogP contribution in [0.1, 0.15) is 37.4 Å². The molecule has 0 aliphatic rings. The second-order valence-corrected chi connectivity index (χ2v) is 3.54. The molecule has 0 bridgehead atoms. The van der Waals surface area contributed by atoms with E-state index in [2.05, 4.69) is 10.3 Å². The Labute approximate surface area is 132 Å². The van der Waals surface area contributed by atoms with Crippen molar-refractivity contribution >= 4 is 16.6 Å². The lowest BCUT2D eigenvalue weighted by molar-refractivity contribution is 0.415. The van der Waals surface area contributed by atoms with E-state index in [4.69, 9.17) is 28.3 Å². The quantitative estimate of drug-likeness (QED) is 0.849. The molecule has 2 aromatic rings.